The van der Waals surface area contributed by atoms with Gasteiger partial charge >= 0.3 is 0 Å². The second-order valence-electron chi connectivity index (χ2n) is 5.35. The number of aryl methyl sites for hydroxylation is 2. The maximum atomic E-state index is 9.71. The fraction of sp³-hybridized carbons (Fsp3) is 0.600. The second-order valence-corrected chi connectivity index (χ2v) is 5.35. The Labute approximate surface area is 104 Å². The predicted molar refractivity (Wildman–Crippen MR) is 71.2 cm³/mol. The van der Waals surface area contributed by atoms with E-state index >= 15 is 0 Å². The molecule has 1 fully saturated rings. The Bertz CT molecular complexity index is 377. The molecule has 0 aromatic heterocycles. The Morgan fingerprint density at radius 3 is 2.53 bits per heavy atom. The van der Waals surface area contributed by atoms with E-state index in [2.05, 4.69) is 24.4 Å². The molecule has 2 atom stereocenters. The summed E-state index contributed by atoms with van der Waals surface area (Å²) in [5.74, 6) is 1.34. The third-order valence-electron chi connectivity index (χ3n) is 3.70. The molecule has 1 saturated carbocycles. The first kappa shape index (κ1) is 12.4. The Morgan fingerprint density at radius 1 is 1.29 bits per heavy atom. The molecule has 2 nitrogen and oxygen atoms in total. The smallest absolute Gasteiger partial charge is 0.121 e. The molecule has 1 aromatic rings. The molecule has 2 N–H and O–H groups in total. The van der Waals surface area contributed by atoms with Crippen LogP contribution in [0.25, 0.3) is 0 Å². The largest absolute Gasteiger partial charge is 0.507 e. The number of hydrogen-bond acceptors (Lipinski definition) is 2. The lowest BCUT2D eigenvalue weighted by atomic mass is 10.1. The van der Waals surface area contributed by atoms with E-state index < -0.39 is 0 Å². The van der Waals surface area contributed by atoms with Crippen LogP contribution in [-0.2, 0) is 6.54 Å². The Morgan fingerprint density at radius 2 is 1.94 bits per heavy atom. The molecule has 1 aliphatic rings. The lowest BCUT2D eigenvalue weighted by molar-refractivity contribution is 0.466. The number of hydrogen-bond donors (Lipinski definition) is 2. The third-order valence-corrected chi connectivity index (χ3v) is 3.70. The fourth-order valence-corrected chi connectivity index (χ4v) is 2.58. The van der Waals surface area contributed by atoms with Crippen molar-refractivity contribution in [3.05, 3.63) is 28.8 Å². The van der Waals surface area contributed by atoms with Gasteiger partial charge in [0, 0.05) is 12.6 Å². The fourth-order valence-electron chi connectivity index (χ4n) is 2.58. The molecular weight excluding hydrogens is 210 g/mol. The van der Waals surface area contributed by atoms with Gasteiger partial charge in [0.25, 0.3) is 0 Å². The Hall–Kier alpha value is -1.02. The van der Waals surface area contributed by atoms with E-state index in [1.165, 1.54) is 24.8 Å². The molecule has 1 aromatic carbocycles. The zero-order valence-corrected chi connectivity index (χ0v) is 11.1. The van der Waals surface area contributed by atoms with Crippen molar-refractivity contribution in [3.63, 3.8) is 0 Å². The van der Waals surface area contributed by atoms with Gasteiger partial charge in [0.1, 0.15) is 5.75 Å². The summed E-state index contributed by atoms with van der Waals surface area (Å²) in [6.07, 6.45) is 3.98. The maximum Gasteiger partial charge on any atom is 0.121 e. The molecule has 2 unspecified atom stereocenters. The normalized spacial score (nSPS) is 22.8. The van der Waals surface area contributed by atoms with Crippen LogP contribution in [0.2, 0.25) is 0 Å². The first-order valence-electron chi connectivity index (χ1n) is 6.64. The van der Waals surface area contributed by atoms with Crippen LogP contribution in [0.5, 0.6) is 5.75 Å². The third kappa shape index (κ3) is 3.01. The van der Waals surface area contributed by atoms with E-state index in [9.17, 15) is 5.11 Å². The molecule has 94 valence electrons. The molecule has 0 heterocycles. The van der Waals surface area contributed by atoms with Crippen molar-refractivity contribution in [1.29, 1.82) is 0 Å². The van der Waals surface area contributed by atoms with Crippen LogP contribution in [0.15, 0.2) is 12.1 Å². The van der Waals surface area contributed by atoms with Crippen molar-refractivity contribution in [1.82, 2.24) is 5.32 Å². The van der Waals surface area contributed by atoms with Crippen LogP contribution in [0.4, 0.5) is 0 Å². The molecule has 0 saturated heterocycles. The lowest BCUT2D eigenvalue weighted by Crippen LogP contribution is -2.17. The Balaban J connectivity index is 1.88. The van der Waals surface area contributed by atoms with Crippen LogP contribution in [-0.4, -0.2) is 11.1 Å². The highest BCUT2D eigenvalue weighted by atomic mass is 16.3. The van der Waals surface area contributed by atoms with Crippen molar-refractivity contribution in [2.75, 3.05) is 0 Å². The Kier molecular flexibility index (Phi) is 3.72. The zero-order chi connectivity index (χ0) is 12.4. The quantitative estimate of drug-likeness (QED) is 0.818. The van der Waals surface area contributed by atoms with E-state index in [1.807, 2.05) is 13.8 Å². The first-order valence-corrected chi connectivity index (χ1v) is 6.64. The van der Waals surface area contributed by atoms with Crippen molar-refractivity contribution >= 4 is 0 Å². The molecule has 1 aliphatic carbocycles. The van der Waals surface area contributed by atoms with Crippen LogP contribution in [0.3, 0.4) is 0 Å². The summed E-state index contributed by atoms with van der Waals surface area (Å²) in [5, 5.41) is 13.3. The lowest BCUT2D eigenvalue weighted by Gasteiger charge is -2.09. The summed E-state index contributed by atoms with van der Waals surface area (Å²) in [6, 6.07) is 4.88. The molecule has 0 aliphatic heterocycles. The van der Waals surface area contributed by atoms with Gasteiger partial charge in [-0.15, -0.1) is 0 Å². The van der Waals surface area contributed by atoms with Crippen molar-refractivity contribution < 1.29 is 5.11 Å². The van der Waals surface area contributed by atoms with E-state index in [0.717, 1.165) is 29.6 Å². The summed E-state index contributed by atoms with van der Waals surface area (Å²) in [6.45, 7) is 7.10. The van der Waals surface area contributed by atoms with Gasteiger partial charge in [-0.3, -0.25) is 0 Å². The summed E-state index contributed by atoms with van der Waals surface area (Å²) in [5.41, 5.74) is 3.23. The number of phenols is 1. The maximum absolute atomic E-state index is 9.71. The number of nitrogens with one attached hydrogen (secondary N) is 1. The van der Waals surface area contributed by atoms with Gasteiger partial charge in [-0.2, -0.15) is 0 Å². The van der Waals surface area contributed by atoms with Crippen LogP contribution in [0.1, 0.15) is 42.9 Å². The molecule has 2 heteroatoms. The number of rotatable bonds is 5. The van der Waals surface area contributed by atoms with Gasteiger partial charge in [0.05, 0.1) is 0 Å². The van der Waals surface area contributed by atoms with Crippen molar-refractivity contribution in [3.8, 4) is 5.75 Å². The van der Waals surface area contributed by atoms with Crippen molar-refractivity contribution in [2.45, 2.75) is 52.6 Å². The van der Waals surface area contributed by atoms with E-state index in [1.54, 1.807) is 0 Å². The standard InChI is InChI=1S/C15H23NO/c1-4-5-13-8-14(13)16-9-12-6-10(2)15(17)11(3)7-12/h6-7,13-14,16-17H,4-5,8-9H2,1-3H3. The predicted octanol–water partition coefficient (Wildman–Crippen LogP) is 3.29. The van der Waals surface area contributed by atoms with Crippen LogP contribution >= 0.6 is 0 Å². The van der Waals surface area contributed by atoms with Gasteiger partial charge in [-0.1, -0.05) is 25.5 Å². The number of phenolic OH excluding ortho intramolecular Hbond substituents is 1. The van der Waals surface area contributed by atoms with E-state index in [4.69, 9.17) is 0 Å². The summed E-state index contributed by atoms with van der Waals surface area (Å²) in [7, 11) is 0. The van der Waals surface area contributed by atoms with Gasteiger partial charge in [-0.25, -0.2) is 0 Å². The molecule has 0 bridgehead atoms. The minimum absolute atomic E-state index is 0.434. The summed E-state index contributed by atoms with van der Waals surface area (Å²) >= 11 is 0. The zero-order valence-electron chi connectivity index (χ0n) is 11.1. The van der Waals surface area contributed by atoms with Crippen molar-refractivity contribution in [2.24, 2.45) is 5.92 Å². The monoisotopic (exact) mass is 233 g/mol. The minimum Gasteiger partial charge on any atom is -0.507 e. The minimum atomic E-state index is 0.434. The van der Waals surface area contributed by atoms with E-state index in [-0.39, 0.29) is 0 Å². The van der Waals surface area contributed by atoms with E-state index in [0.29, 0.717) is 5.75 Å². The number of aromatic hydroxyl groups is 1. The molecule has 2 rings (SSSR count). The molecule has 0 amide bonds. The molecule has 17 heavy (non-hydrogen) atoms. The first-order chi connectivity index (χ1) is 8.11. The highest BCUT2D eigenvalue weighted by molar-refractivity contribution is 5.42. The molecular formula is C15H23NO. The van der Waals surface area contributed by atoms with Gasteiger partial charge in [-0.05, 0) is 49.3 Å². The molecule has 0 spiro atoms. The SMILES string of the molecule is CCCC1CC1NCc1cc(C)c(O)c(C)c1. The second kappa shape index (κ2) is 5.09. The van der Waals surface area contributed by atoms with Gasteiger partial charge in [0.15, 0.2) is 0 Å². The number of benzene rings is 1. The average molecular weight is 233 g/mol. The average Bonchev–Trinajstić information content (AvgIpc) is 3.02. The molecule has 0 radical (unpaired) electrons. The summed E-state index contributed by atoms with van der Waals surface area (Å²) < 4.78 is 0. The van der Waals surface area contributed by atoms with Gasteiger partial charge < -0.3 is 10.4 Å². The van der Waals surface area contributed by atoms with Gasteiger partial charge in [0.2, 0.25) is 0 Å². The topological polar surface area (TPSA) is 32.3 Å². The highest BCUT2D eigenvalue weighted by Gasteiger charge is 2.35. The highest BCUT2D eigenvalue weighted by Crippen LogP contribution is 2.34. The van der Waals surface area contributed by atoms with Crippen LogP contribution < -0.4 is 5.32 Å². The van der Waals surface area contributed by atoms with Crippen LogP contribution in [0, 0.1) is 19.8 Å². The summed E-state index contributed by atoms with van der Waals surface area (Å²) in [4.78, 5) is 0.